The van der Waals surface area contributed by atoms with E-state index in [1.54, 1.807) is 0 Å². The molecule has 2 N–H and O–H groups in total. The molecule has 0 aliphatic carbocycles. The van der Waals surface area contributed by atoms with Gasteiger partial charge < -0.3 is 5.32 Å². The van der Waals surface area contributed by atoms with Crippen molar-refractivity contribution in [1.82, 2.24) is 5.43 Å². The zero-order valence-electron chi connectivity index (χ0n) is 10.9. The summed E-state index contributed by atoms with van der Waals surface area (Å²) in [5.41, 5.74) is 7.25. The van der Waals surface area contributed by atoms with Gasteiger partial charge in [0.2, 0.25) is 0 Å². The van der Waals surface area contributed by atoms with Crippen molar-refractivity contribution in [3.8, 4) is 0 Å². The lowest BCUT2D eigenvalue weighted by Crippen LogP contribution is -2.32. The molecule has 5 heteroatoms. The number of hydrogen-bond acceptors (Lipinski definition) is 4. The monoisotopic (exact) mass is 275 g/mol. The smallest absolute Gasteiger partial charge is 0.299 e. The molecule has 1 atom stereocenters. The Morgan fingerprint density at radius 2 is 2.37 bits per heavy atom. The molecule has 1 aromatic rings. The Bertz CT molecular complexity index is 541. The molecule has 0 radical (unpaired) electrons. The summed E-state index contributed by atoms with van der Waals surface area (Å²) in [6.07, 6.45) is 3.19. The molecule has 2 heterocycles. The lowest BCUT2D eigenvalue weighted by atomic mass is 9.95. The molecule has 1 aromatic carbocycles. The van der Waals surface area contributed by atoms with Crippen molar-refractivity contribution in [3.05, 3.63) is 29.3 Å². The standard InChI is InChI=1S/C14H17N3OS/c1-2-11-13(16-17-14(18)19-11)10-7-3-5-9-6-4-8-15-12(9)10/h3,5,7,11,15H,2,4,6,8H2,1H3,(H,17,18). The number of carbonyl (C=O) groups is 1. The van der Waals surface area contributed by atoms with Gasteiger partial charge in [-0.1, -0.05) is 36.9 Å². The zero-order valence-corrected chi connectivity index (χ0v) is 11.7. The summed E-state index contributed by atoms with van der Waals surface area (Å²) in [4.78, 5) is 11.4. The Kier molecular flexibility index (Phi) is 3.46. The molecule has 100 valence electrons. The van der Waals surface area contributed by atoms with Gasteiger partial charge in [0.15, 0.2) is 0 Å². The van der Waals surface area contributed by atoms with Gasteiger partial charge in [0.25, 0.3) is 5.24 Å². The van der Waals surface area contributed by atoms with Crippen LogP contribution in [0.3, 0.4) is 0 Å². The number of nitrogens with one attached hydrogen (secondary N) is 2. The van der Waals surface area contributed by atoms with Gasteiger partial charge in [-0.15, -0.1) is 0 Å². The molecule has 0 aromatic heterocycles. The molecule has 1 unspecified atom stereocenters. The van der Waals surface area contributed by atoms with E-state index in [4.69, 9.17) is 0 Å². The number of fused-ring (bicyclic) bond motifs is 1. The second-order valence-electron chi connectivity index (χ2n) is 4.78. The molecule has 0 fully saturated rings. The number of thioether (sulfide) groups is 1. The van der Waals surface area contributed by atoms with Gasteiger partial charge in [-0.25, -0.2) is 5.43 Å². The normalized spacial score (nSPS) is 22.1. The van der Waals surface area contributed by atoms with Gasteiger partial charge in [0.1, 0.15) is 0 Å². The highest BCUT2D eigenvalue weighted by Gasteiger charge is 2.27. The van der Waals surface area contributed by atoms with Crippen molar-refractivity contribution in [2.75, 3.05) is 11.9 Å². The van der Waals surface area contributed by atoms with Crippen molar-refractivity contribution in [2.45, 2.75) is 31.4 Å². The second-order valence-corrected chi connectivity index (χ2v) is 5.96. The number of aryl methyl sites for hydroxylation is 1. The van der Waals surface area contributed by atoms with Gasteiger partial charge in [0.05, 0.1) is 11.0 Å². The van der Waals surface area contributed by atoms with Crippen molar-refractivity contribution in [3.63, 3.8) is 0 Å². The maximum atomic E-state index is 11.4. The largest absolute Gasteiger partial charge is 0.384 e. The van der Waals surface area contributed by atoms with E-state index in [1.165, 1.54) is 29.4 Å². The van der Waals surface area contributed by atoms with Gasteiger partial charge in [-0.05, 0) is 24.8 Å². The SMILES string of the molecule is CCC1SC(=O)NN=C1c1cccc2c1NCCC2. The summed E-state index contributed by atoms with van der Waals surface area (Å²) >= 11 is 1.33. The number of hydrogen-bond donors (Lipinski definition) is 2. The number of rotatable bonds is 2. The third kappa shape index (κ3) is 2.34. The molecule has 3 rings (SSSR count). The minimum Gasteiger partial charge on any atom is -0.384 e. The average Bonchev–Trinajstić information content (AvgIpc) is 2.46. The fourth-order valence-corrected chi connectivity index (χ4v) is 3.44. The van der Waals surface area contributed by atoms with Crippen molar-refractivity contribution >= 4 is 28.4 Å². The molecule has 0 saturated heterocycles. The summed E-state index contributed by atoms with van der Waals surface area (Å²) in [5, 5.41) is 7.86. The molecular weight excluding hydrogens is 258 g/mol. The summed E-state index contributed by atoms with van der Waals surface area (Å²) in [6.45, 7) is 3.10. The maximum absolute atomic E-state index is 11.4. The molecule has 1 amide bonds. The topological polar surface area (TPSA) is 53.5 Å². The van der Waals surface area contributed by atoms with Gasteiger partial charge >= 0.3 is 0 Å². The lowest BCUT2D eigenvalue weighted by molar-refractivity contribution is 0.260. The van der Waals surface area contributed by atoms with E-state index >= 15 is 0 Å². The fraction of sp³-hybridized carbons (Fsp3) is 0.429. The van der Waals surface area contributed by atoms with Crippen LogP contribution in [0.2, 0.25) is 0 Å². The summed E-state index contributed by atoms with van der Waals surface area (Å²) < 4.78 is 0. The van der Waals surface area contributed by atoms with E-state index in [0.29, 0.717) is 0 Å². The van der Waals surface area contributed by atoms with Crippen molar-refractivity contribution < 1.29 is 4.79 Å². The molecule has 19 heavy (non-hydrogen) atoms. The molecule has 2 aliphatic heterocycles. The number of carbonyl (C=O) groups excluding carboxylic acids is 1. The Morgan fingerprint density at radius 1 is 1.47 bits per heavy atom. The predicted molar refractivity (Wildman–Crippen MR) is 80.0 cm³/mol. The van der Waals surface area contributed by atoms with Crippen LogP contribution in [-0.4, -0.2) is 22.7 Å². The first kappa shape index (κ1) is 12.5. The fourth-order valence-electron chi connectivity index (χ4n) is 2.62. The number of benzene rings is 1. The van der Waals surface area contributed by atoms with Crippen LogP contribution in [0.15, 0.2) is 23.3 Å². The van der Waals surface area contributed by atoms with E-state index in [0.717, 1.165) is 30.7 Å². The summed E-state index contributed by atoms with van der Waals surface area (Å²) in [6, 6.07) is 6.34. The Hall–Kier alpha value is -1.49. The number of anilines is 1. The third-order valence-corrected chi connectivity index (χ3v) is 4.69. The Balaban J connectivity index is 2.04. The minimum absolute atomic E-state index is 0.0617. The molecule has 4 nitrogen and oxygen atoms in total. The number of amides is 1. The van der Waals surface area contributed by atoms with Crippen LogP contribution in [0.4, 0.5) is 10.5 Å². The first-order chi connectivity index (χ1) is 9.29. The van der Waals surface area contributed by atoms with Gasteiger partial charge in [-0.3, -0.25) is 4.79 Å². The number of para-hydroxylation sites is 1. The van der Waals surface area contributed by atoms with E-state index < -0.39 is 0 Å². The maximum Gasteiger partial charge on any atom is 0.299 e. The lowest BCUT2D eigenvalue weighted by Gasteiger charge is -2.26. The van der Waals surface area contributed by atoms with Crippen LogP contribution >= 0.6 is 11.8 Å². The number of hydrazone groups is 1. The molecule has 0 spiro atoms. The van der Waals surface area contributed by atoms with Gasteiger partial charge in [-0.2, -0.15) is 5.10 Å². The van der Waals surface area contributed by atoms with Gasteiger partial charge in [0, 0.05) is 17.8 Å². The average molecular weight is 275 g/mol. The second kappa shape index (κ2) is 5.25. The quantitative estimate of drug-likeness (QED) is 0.872. The van der Waals surface area contributed by atoms with E-state index in [2.05, 4.69) is 41.0 Å². The highest BCUT2D eigenvalue weighted by molar-refractivity contribution is 8.14. The van der Waals surface area contributed by atoms with E-state index in [-0.39, 0.29) is 10.5 Å². The molecule has 0 saturated carbocycles. The van der Waals surface area contributed by atoms with Crippen LogP contribution in [0, 0.1) is 0 Å². The molecule has 0 bridgehead atoms. The molecular formula is C14H17N3OS. The van der Waals surface area contributed by atoms with Crippen molar-refractivity contribution in [1.29, 1.82) is 0 Å². The van der Waals surface area contributed by atoms with Crippen LogP contribution in [0.5, 0.6) is 0 Å². The van der Waals surface area contributed by atoms with Crippen LogP contribution < -0.4 is 10.7 Å². The first-order valence-electron chi connectivity index (χ1n) is 6.70. The predicted octanol–water partition coefficient (Wildman–Crippen LogP) is 2.98. The minimum atomic E-state index is -0.0617. The zero-order chi connectivity index (χ0) is 13.2. The highest BCUT2D eigenvalue weighted by Crippen LogP contribution is 2.31. The van der Waals surface area contributed by atoms with E-state index in [9.17, 15) is 4.79 Å². The van der Waals surface area contributed by atoms with Crippen LogP contribution in [-0.2, 0) is 6.42 Å². The number of nitrogens with zero attached hydrogens (tertiary/aromatic N) is 1. The Labute approximate surface area is 117 Å². The van der Waals surface area contributed by atoms with Crippen molar-refractivity contribution in [2.24, 2.45) is 5.10 Å². The van der Waals surface area contributed by atoms with Crippen LogP contribution in [0.1, 0.15) is 30.9 Å². The summed E-state index contributed by atoms with van der Waals surface area (Å²) in [5.74, 6) is 0. The summed E-state index contributed by atoms with van der Waals surface area (Å²) in [7, 11) is 0. The third-order valence-electron chi connectivity index (χ3n) is 3.54. The first-order valence-corrected chi connectivity index (χ1v) is 7.58. The van der Waals surface area contributed by atoms with Crippen LogP contribution in [0.25, 0.3) is 0 Å². The Morgan fingerprint density at radius 3 is 3.21 bits per heavy atom. The van der Waals surface area contributed by atoms with E-state index in [1.807, 2.05) is 0 Å². The molecule has 2 aliphatic rings. The highest BCUT2D eigenvalue weighted by atomic mass is 32.2.